The lowest BCUT2D eigenvalue weighted by Crippen LogP contribution is -2.33. The van der Waals surface area contributed by atoms with Crippen molar-refractivity contribution in [2.75, 3.05) is 20.3 Å². The Morgan fingerprint density at radius 1 is 1.00 bits per heavy atom. The molecule has 0 aliphatic rings. The standard InChI is InChI=1S/C25H34FNO5S/c1-3-4-5-6-7-8-12-25(28)27(17-18-31-2)20-21-10-9-11-23(19-21)32-33(29,30)24-15-13-22(26)14-16-24/h9-11,13-16,19H,3-8,12,17-18,20H2,1-2H3. The van der Waals surface area contributed by atoms with E-state index in [1.165, 1.54) is 25.3 Å². The Bertz CT molecular complexity index is 963. The molecule has 6 nitrogen and oxygen atoms in total. The number of halogens is 1. The van der Waals surface area contributed by atoms with Crippen molar-refractivity contribution in [1.29, 1.82) is 0 Å². The molecule has 0 aliphatic heterocycles. The molecule has 2 aromatic rings. The van der Waals surface area contributed by atoms with E-state index in [0.717, 1.165) is 49.1 Å². The van der Waals surface area contributed by atoms with Crippen molar-refractivity contribution in [3.05, 3.63) is 59.9 Å². The summed E-state index contributed by atoms with van der Waals surface area (Å²) < 4.78 is 48.4. The highest BCUT2D eigenvalue weighted by Crippen LogP contribution is 2.21. The second kappa shape index (κ2) is 14.0. The van der Waals surface area contributed by atoms with Gasteiger partial charge in [0.2, 0.25) is 5.91 Å². The van der Waals surface area contributed by atoms with Gasteiger partial charge in [0.1, 0.15) is 16.5 Å². The van der Waals surface area contributed by atoms with E-state index in [4.69, 9.17) is 8.92 Å². The van der Waals surface area contributed by atoms with Crippen LogP contribution in [0, 0.1) is 5.82 Å². The van der Waals surface area contributed by atoms with Crippen molar-refractivity contribution in [2.45, 2.75) is 63.3 Å². The predicted molar refractivity (Wildman–Crippen MR) is 126 cm³/mol. The van der Waals surface area contributed by atoms with Gasteiger partial charge in [0.15, 0.2) is 0 Å². The number of nitrogens with zero attached hydrogens (tertiary/aromatic N) is 1. The third-order valence-corrected chi connectivity index (χ3v) is 6.50. The first-order valence-corrected chi connectivity index (χ1v) is 12.8. The molecule has 0 N–H and O–H groups in total. The number of rotatable bonds is 15. The molecular formula is C25H34FNO5S. The molecule has 0 saturated carbocycles. The molecule has 33 heavy (non-hydrogen) atoms. The number of ether oxygens (including phenoxy) is 1. The Hall–Kier alpha value is -2.45. The lowest BCUT2D eigenvalue weighted by Gasteiger charge is -2.23. The van der Waals surface area contributed by atoms with E-state index < -0.39 is 15.9 Å². The molecule has 0 radical (unpaired) electrons. The number of carbonyl (C=O) groups excluding carboxylic acids is 1. The number of benzene rings is 2. The average Bonchev–Trinajstić information content (AvgIpc) is 2.79. The van der Waals surface area contributed by atoms with Crippen LogP contribution >= 0.6 is 0 Å². The molecule has 8 heteroatoms. The number of carbonyl (C=O) groups is 1. The minimum Gasteiger partial charge on any atom is -0.383 e. The van der Waals surface area contributed by atoms with Crippen molar-refractivity contribution < 1.29 is 26.5 Å². The van der Waals surface area contributed by atoms with E-state index in [9.17, 15) is 17.6 Å². The maximum atomic E-state index is 13.1. The zero-order chi connectivity index (χ0) is 24.1. The summed E-state index contributed by atoms with van der Waals surface area (Å²) in [5.74, 6) is -0.350. The smallest absolute Gasteiger partial charge is 0.339 e. The Labute approximate surface area is 196 Å². The van der Waals surface area contributed by atoms with Crippen molar-refractivity contribution >= 4 is 16.0 Å². The van der Waals surface area contributed by atoms with Gasteiger partial charge in [-0.2, -0.15) is 8.42 Å². The fraction of sp³-hybridized carbons (Fsp3) is 0.480. The Balaban J connectivity index is 2.01. The summed E-state index contributed by atoms with van der Waals surface area (Å²) in [7, 11) is -2.51. The van der Waals surface area contributed by atoms with Gasteiger partial charge in [-0.1, -0.05) is 51.2 Å². The lowest BCUT2D eigenvalue weighted by molar-refractivity contribution is -0.132. The van der Waals surface area contributed by atoms with E-state index in [0.29, 0.717) is 26.1 Å². The molecule has 0 fully saturated rings. The summed E-state index contributed by atoms with van der Waals surface area (Å²) in [6.07, 6.45) is 7.12. The van der Waals surface area contributed by atoms with E-state index in [2.05, 4.69) is 6.92 Å². The maximum Gasteiger partial charge on any atom is 0.339 e. The highest BCUT2D eigenvalue weighted by molar-refractivity contribution is 7.87. The van der Waals surface area contributed by atoms with Gasteiger partial charge in [0.05, 0.1) is 6.61 Å². The van der Waals surface area contributed by atoms with Crippen LogP contribution in [0.25, 0.3) is 0 Å². The van der Waals surface area contributed by atoms with Crippen LogP contribution in [0.15, 0.2) is 53.4 Å². The molecule has 0 atom stereocenters. The third-order valence-electron chi connectivity index (χ3n) is 5.24. The van der Waals surface area contributed by atoms with E-state index in [-0.39, 0.29) is 16.6 Å². The second-order valence-electron chi connectivity index (χ2n) is 7.96. The van der Waals surface area contributed by atoms with Crippen molar-refractivity contribution in [2.24, 2.45) is 0 Å². The molecule has 2 rings (SSSR count). The molecule has 0 aromatic heterocycles. The first-order valence-electron chi connectivity index (χ1n) is 11.4. The second-order valence-corrected chi connectivity index (χ2v) is 9.51. The van der Waals surface area contributed by atoms with E-state index in [1.807, 2.05) is 6.07 Å². The molecule has 0 spiro atoms. The molecule has 0 heterocycles. The minimum atomic E-state index is -4.09. The summed E-state index contributed by atoms with van der Waals surface area (Å²) in [4.78, 5) is 14.4. The first-order chi connectivity index (χ1) is 15.9. The van der Waals surface area contributed by atoms with Gasteiger partial charge in [-0.25, -0.2) is 4.39 Å². The highest BCUT2D eigenvalue weighted by Gasteiger charge is 2.18. The molecule has 0 unspecified atom stereocenters. The van der Waals surface area contributed by atoms with Crippen LogP contribution in [0.5, 0.6) is 5.75 Å². The number of hydrogen-bond acceptors (Lipinski definition) is 5. The Kier molecular flexibility index (Phi) is 11.3. The van der Waals surface area contributed by atoms with Gasteiger partial charge in [0.25, 0.3) is 0 Å². The van der Waals surface area contributed by atoms with Crippen LogP contribution in [0.4, 0.5) is 4.39 Å². The van der Waals surface area contributed by atoms with Crippen LogP contribution in [0.1, 0.15) is 57.4 Å². The molecule has 0 aliphatic carbocycles. The summed E-state index contributed by atoms with van der Waals surface area (Å²) in [6, 6.07) is 11.1. The number of unbranched alkanes of at least 4 members (excludes halogenated alkanes) is 5. The van der Waals surface area contributed by atoms with Gasteiger partial charge in [0, 0.05) is 26.6 Å². The van der Waals surface area contributed by atoms with E-state index >= 15 is 0 Å². The van der Waals surface area contributed by atoms with Gasteiger partial charge in [-0.05, 0) is 48.4 Å². The Morgan fingerprint density at radius 2 is 1.70 bits per heavy atom. The van der Waals surface area contributed by atoms with Crippen LogP contribution in [0.3, 0.4) is 0 Å². The summed E-state index contributed by atoms with van der Waals surface area (Å²) in [5.41, 5.74) is 0.745. The van der Waals surface area contributed by atoms with Crippen LogP contribution in [-0.2, 0) is 26.2 Å². The largest absolute Gasteiger partial charge is 0.383 e. The molecule has 1 amide bonds. The minimum absolute atomic E-state index is 0.0489. The maximum absolute atomic E-state index is 13.1. The van der Waals surface area contributed by atoms with Crippen LogP contribution < -0.4 is 4.18 Å². The third kappa shape index (κ3) is 9.52. The quantitative estimate of drug-likeness (QED) is 0.255. The van der Waals surface area contributed by atoms with E-state index in [1.54, 1.807) is 24.1 Å². The molecule has 0 saturated heterocycles. The van der Waals surface area contributed by atoms with Crippen molar-refractivity contribution in [3.63, 3.8) is 0 Å². The first kappa shape index (κ1) is 26.8. The number of amides is 1. The van der Waals surface area contributed by atoms with Crippen molar-refractivity contribution in [1.82, 2.24) is 4.90 Å². The zero-order valence-electron chi connectivity index (χ0n) is 19.5. The van der Waals surface area contributed by atoms with Crippen LogP contribution in [0.2, 0.25) is 0 Å². The van der Waals surface area contributed by atoms with Crippen molar-refractivity contribution in [3.8, 4) is 5.75 Å². The predicted octanol–water partition coefficient (Wildman–Crippen LogP) is 5.32. The normalized spacial score (nSPS) is 11.4. The number of methoxy groups -OCH3 is 1. The van der Waals surface area contributed by atoms with Gasteiger partial charge in [-0.3, -0.25) is 4.79 Å². The fourth-order valence-electron chi connectivity index (χ4n) is 3.40. The summed E-state index contributed by atoms with van der Waals surface area (Å²) in [5, 5.41) is 0. The monoisotopic (exact) mass is 479 g/mol. The van der Waals surface area contributed by atoms with Crippen LogP contribution in [-0.4, -0.2) is 39.5 Å². The average molecular weight is 480 g/mol. The molecule has 0 bridgehead atoms. The number of hydrogen-bond donors (Lipinski definition) is 0. The topological polar surface area (TPSA) is 72.9 Å². The highest BCUT2D eigenvalue weighted by atomic mass is 32.2. The SMILES string of the molecule is CCCCCCCCC(=O)N(CCOC)Cc1cccc(OS(=O)(=O)c2ccc(F)cc2)c1. The molecule has 182 valence electrons. The summed E-state index contributed by atoms with van der Waals surface area (Å²) >= 11 is 0. The lowest BCUT2D eigenvalue weighted by atomic mass is 10.1. The molecular weight excluding hydrogens is 445 g/mol. The zero-order valence-corrected chi connectivity index (χ0v) is 20.3. The van der Waals surface area contributed by atoms with Gasteiger partial charge >= 0.3 is 10.1 Å². The van der Waals surface area contributed by atoms with Gasteiger partial charge in [-0.15, -0.1) is 0 Å². The van der Waals surface area contributed by atoms with Gasteiger partial charge < -0.3 is 13.8 Å². The molecule has 2 aromatic carbocycles. The fourth-order valence-corrected chi connectivity index (χ4v) is 4.32. The Morgan fingerprint density at radius 3 is 2.39 bits per heavy atom. The summed E-state index contributed by atoms with van der Waals surface area (Å²) in [6.45, 7) is 3.36.